The normalized spacial score (nSPS) is 12.0. The first-order valence-electron chi connectivity index (χ1n) is 7.18. The van der Waals surface area contributed by atoms with Gasteiger partial charge in [-0.15, -0.1) is 0 Å². The van der Waals surface area contributed by atoms with Crippen LogP contribution in [0.25, 0.3) is 16.7 Å². The van der Waals surface area contributed by atoms with Gasteiger partial charge in [-0.2, -0.15) is 5.10 Å². The number of aromatic nitrogens is 3. The molecule has 0 unspecified atom stereocenters. The van der Waals surface area contributed by atoms with Gasteiger partial charge >= 0.3 is 0 Å². The summed E-state index contributed by atoms with van der Waals surface area (Å²) in [5, 5.41) is 19.0. The number of H-pyrrole nitrogens is 1. The number of phenolic OH excluding ortho intramolecular Hbond substituents is 1. The monoisotopic (exact) mass is 316 g/mol. The van der Waals surface area contributed by atoms with Crippen LogP contribution < -0.4 is 5.10 Å². The number of phenols is 1. The number of halogens is 1. The lowest BCUT2D eigenvalue weighted by Gasteiger charge is -2.21. The van der Waals surface area contributed by atoms with Crippen LogP contribution in [0, 0.1) is 6.92 Å². The smallest absolute Gasteiger partial charge is 0.250 e. The van der Waals surface area contributed by atoms with E-state index in [0.717, 1.165) is 22.2 Å². The summed E-state index contributed by atoms with van der Waals surface area (Å²) in [5.41, 5.74) is 4.07. The predicted octanol–water partition coefficient (Wildman–Crippen LogP) is 3.80. The zero-order valence-corrected chi connectivity index (χ0v) is 13.9. The lowest BCUT2D eigenvalue weighted by molar-refractivity contribution is -0.454. The molecule has 2 N–H and O–H groups in total. The van der Waals surface area contributed by atoms with E-state index in [4.69, 9.17) is 11.6 Å². The molecule has 3 aromatic rings. The highest BCUT2D eigenvalue weighted by molar-refractivity contribution is 6.31. The fraction of sp³-hybridized carbons (Fsp3) is 0.294. The van der Waals surface area contributed by atoms with Crippen molar-refractivity contribution < 1.29 is 10.2 Å². The Bertz CT molecular complexity index is 862. The summed E-state index contributed by atoms with van der Waals surface area (Å²) >= 11 is 6.00. The molecule has 0 saturated heterocycles. The third-order valence-electron chi connectivity index (χ3n) is 3.66. The first kappa shape index (κ1) is 14.9. The minimum Gasteiger partial charge on any atom is -0.505 e. The molecule has 0 aliphatic rings. The Morgan fingerprint density at radius 3 is 2.59 bits per heavy atom. The van der Waals surface area contributed by atoms with Crippen LogP contribution >= 0.6 is 11.6 Å². The SMILES string of the molecule is Cc1cc(-n2nc3cc(Cl)ccc3[nH+]2)c(O)c(C(C)(C)C)c1. The summed E-state index contributed by atoms with van der Waals surface area (Å²) in [7, 11) is 0. The van der Waals surface area contributed by atoms with Gasteiger partial charge in [0.1, 0.15) is 0 Å². The summed E-state index contributed by atoms with van der Waals surface area (Å²) in [4.78, 5) is 1.60. The number of rotatable bonds is 1. The number of aromatic amines is 1. The van der Waals surface area contributed by atoms with Crippen molar-refractivity contribution in [2.45, 2.75) is 33.1 Å². The molecule has 0 spiro atoms. The van der Waals surface area contributed by atoms with Gasteiger partial charge < -0.3 is 5.11 Å². The Kier molecular flexibility index (Phi) is 3.37. The Hall–Kier alpha value is -2.07. The molecule has 0 fully saturated rings. The van der Waals surface area contributed by atoms with Crippen molar-refractivity contribution in [2.24, 2.45) is 0 Å². The fourth-order valence-electron chi connectivity index (χ4n) is 2.54. The van der Waals surface area contributed by atoms with Crippen molar-refractivity contribution in [1.29, 1.82) is 0 Å². The molecule has 22 heavy (non-hydrogen) atoms. The van der Waals surface area contributed by atoms with Gasteiger partial charge in [0.05, 0.1) is 5.10 Å². The molecule has 5 heteroatoms. The number of fused-ring (bicyclic) bond motifs is 1. The van der Waals surface area contributed by atoms with Crippen LogP contribution in [0.3, 0.4) is 0 Å². The highest BCUT2D eigenvalue weighted by Crippen LogP contribution is 2.35. The van der Waals surface area contributed by atoms with Crippen LogP contribution in [-0.4, -0.2) is 15.0 Å². The van der Waals surface area contributed by atoms with Crippen molar-refractivity contribution in [3.05, 3.63) is 46.5 Å². The summed E-state index contributed by atoms with van der Waals surface area (Å²) < 4.78 is 0. The molecule has 2 aromatic carbocycles. The number of hydrogen-bond acceptors (Lipinski definition) is 2. The third-order valence-corrected chi connectivity index (χ3v) is 3.90. The Balaban J connectivity index is 2.24. The molecule has 0 amide bonds. The summed E-state index contributed by atoms with van der Waals surface area (Å²) in [6.07, 6.45) is 0. The molecule has 0 aliphatic heterocycles. The second kappa shape index (κ2) is 4.99. The zero-order chi connectivity index (χ0) is 16.1. The summed E-state index contributed by atoms with van der Waals surface area (Å²) in [5.74, 6) is 0.244. The van der Waals surface area contributed by atoms with Crippen LogP contribution in [0.1, 0.15) is 31.9 Å². The molecule has 0 saturated carbocycles. The van der Waals surface area contributed by atoms with Gasteiger partial charge in [-0.3, -0.25) is 0 Å². The van der Waals surface area contributed by atoms with E-state index in [1.807, 2.05) is 31.2 Å². The topological polar surface area (TPSA) is 52.2 Å². The average Bonchev–Trinajstić information content (AvgIpc) is 2.82. The van der Waals surface area contributed by atoms with Crippen molar-refractivity contribution in [1.82, 2.24) is 9.90 Å². The summed E-state index contributed by atoms with van der Waals surface area (Å²) in [6.45, 7) is 8.25. The van der Waals surface area contributed by atoms with Crippen molar-refractivity contribution >= 4 is 22.6 Å². The average molecular weight is 317 g/mol. The minimum atomic E-state index is -0.152. The van der Waals surface area contributed by atoms with E-state index < -0.39 is 0 Å². The van der Waals surface area contributed by atoms with Gasteiger partial charge in [-0.1, -0.05) is 38.4 Å². The first-order valence-corrected chi connectivity index (χ1v) is 7.55. The van der Waals surface area contributed by atoms with Gasteiger partial charge in [0.25, 0.3) is 5.52 Å². The van der Waals surface area contributed by atoms with Crippen LogP contribution in [-0.2, 0) is 5.41 Å². The molecule has 0 bridgehead atoms. The maximum Gasteiger partial charge on any atom is 0.250 e. The number of benzene rings is 2. The molecular formula is C17H19ClN3O+. The van der Waals surface area contributed by atoms with Crippen LogP contribution in [0.5, 0.6) is 5.75 Å². The third kappa shape index (κ3) is 2.55. The summed E-state index contributed by atoms with van der Waals surface area (Å²) in [6, 6.07) is 9.40. The van der Waals surface area contributed by atoms with Gasteiger partial charge in [0, 0.05) is 16.7 Å². The maximum atomic E-state index is 10.7. The maximum absolute atomic E-state index is 10.7. The van der Waals surface area contributed by atoms with Crippen LogP contribution in [0.15, 0.2) is 30.3 Å². The molecule has 1 heterocycles. The Labute approximate surface area is 134 Å². The molecule has 114 valence electrons. The second-order valence-electron chi connectivity index (χ2n) is 6.62. The molecule has 1 aromatic heterocycles. The van der Waals surface area contributed by atoms with E-state index in [2.05, 4.69) is 31.0 Å². The number of hydrogen-bond donors (Lipinski definition) is 1. The van der Waals surface area contributed by atoms with Crippen molar-refractivity contribution in [3.8, 4) is 11.4 Å². The molecule has 3 rings (SSSR count). The molecule has 0 radical (unpaired) electrons. The Morgan fingerprint density at radius 1 is 1.18 bits per heavy atom. The highest BCUT2D eigenvalue weighted by Gasteiger charge is 2.24. The van der Waals surface area contributed by atoms with Gasteiger partial charge in [0.2, 0.25) is 0 Å². The lowest BCUT2D eigenvalue weighted by Crippen LogP contribution is -2.19. The molecule has 0 atom stereocenters. The quantitative estimate of drug-likeness (QED) is 0.742. The van der Waals surface area contributed by atoms with Gasteiger partial charge in [-0.25, -0.2) is 0 Å². The number of aromatic hydroxyl groups is 1. The molecular weight excluding hydrogens is 298 g/mol. The van der Waals surface area contributed by atoms with Crippen LogP contribution in [0.4, 0.5) is 0 Å². The highest BCUT2D eigenvalue weighted by atomic mass is 35.5. The zero-order valence-electron chi connectivity index (χ0n) is 13.1. The number of nitrogens with zero attached hydrogens (tertiary/aromatic N) is 2. The molecule has 4 nitrogen and oxygen atoms in total. The minimum absolute atomic E-state index is 0.152. The van der Waals surface area contributed by atoms with E-state index in [0.29, 0.717) is 10.7 Å². The van der Waals surface area contributed by atoms with E-state index >= 15 is 0 Å². The predicted molar refractivity (Wildman–Crippen MR) is 87.7 cm³/mol. The number of aryl methyl sites for hydroxylation is 1. The second-order valence-corrected chi connectivity index (χ2v) is 7.05. The molecule has 0 aliphatic carbocycles. The van der Waals surface area contributed by atoms with Crippen LogP contribution in [0.2, 0.25) is 5.02 Å². The number of nitrogens with one attached hydrogen (secondary N) is 1. The van der Waals surface area contributed by atoms with Gasteiger partial charge in [-0.05, 0) is 40.9 Å². The first-order chi connectivity index (χ1) is 10.3. The van der Waals surface area contributed by atoms with E-state index in [9.17, 15) is 5.11 Å². The lowest BCUT2D eigenvalue weighted by atomic mass is 9.85. The van der Waals surface area contributed by atoms with E-state index in [1.165, 1.54) is 0 Å². The van der Waals surface area contributed by atoms with E-state index in [1.54, 1.807) is 10.9 Å². The van der Waals surface area contributed by atoms with Crippen molar-refractivity contribution in [2.75, 3.05) is 0 Å². The largest absolute Gasteiger partial charge is 0.505 e. The Morgan fingerprint density at radius 2 is 1.91 bits per heavy atom. The van der Waals surface area contributed by atoms with Crippen molar-refractivity contribution in [3.63, 3.8) is 0 Å². The van der Waals surface area contributed by atoms with E-state index in [-0.39, 0.29) is 11.2 Å². The standard InChI is InChI=1S/C17H18ClN3O/c1-10-7-12(17(2,3)4)16(22)15(8-10)21-19-13-6-5-11(18)9-14(13)20-21/h5-9,22H,1-4H3/p+1. The fourth-order valence-corrected chi connectivity index (χ4v) is 2.70. The van der Waals surface area contributed by atoms with Gasteiger partial charge in [0.15, 0.2) is 17.0 Å².